The van der Waals surface area contributed by atoms with Crippen LogP contribution in [0.15, 0.2) is 21.5 Å². The Morgan fingerprint density at radius 3 is 2.43 bits per heavy atom. The van der Waals surface area contributed by atoms with Crippen LogP contribution in [0.1, 0.15) is 12.8 Å². The molecule has 4 N–H and O–H groups in total. The van der Waals surface area contributed by atoms with Gasteiger partial charge in [0.2, 0.25) is 15.9 Å². The molecule has 1 heterocycles. The van der Waals surface area contributed by atoms with Gasteiger partial charge in [0.1, 0.15) is 10.7 Å². The molecule has 1 fully saturated rings. The zero-order valence-corrected chi connectivity index (χ0v) is 13.5. The second-order valence-electron chi connectivity index (χ2n) is 4.88. The lowest BCUT2D eigenvalue weighted by molar-refractivity contribution is -0.122. The minimum Gasteiger partial charge on any atom is -0.398 e. The standard InChI is InChI=1S/C12H15BrFN3O3S/c13-8-5-11(10(15)6-9(8)14)21(19,20)17-3-1-7(2-4-17)12(16)18/h5-7H,1-4,15H2,(H2,16,18). The summed E-state index contributed by atoms with van der Waals surface area (Å²) in [5, 5.41) is 0. The van der Waals surface area contributed by atoms with Crippen molar-refractivity contribution in [3.63, 3.8) is 0 Å². The monoisotopic (exact) mass is 379 g/mol. The number of sulfonamides is 1. The van der Waals surface area contributed by atoms with Gasteiger partial charge in [-0.15, -0.1) is 0 Å². The molecule has 2 rings (SSSR count). The number of hydrogen-bond acceptors (Lipinski definition) is 4. The summed E-state index contributed by atoms with van der Waals surface area (Å²) in [6.07, 6.45) is 0.744. The van der Waals surface area contributed by atoms with Crippen molar-refractivity contribution in [1.82, 2.24) is 4.31 Å². The van der Waals surface area contributed by atoms with Crippen LogP contribution in [0, 0.1) is 11.7 Å². The molecule has 21 heavy (non-hydrogen) atoms. The normalized spacial score (nSPS) is 17.8. The second kappa shape index (κ2) is 5.90. The number of amides is 1. The van der Waals surface area contributed by atoms with Crippen LogP contribution in [-0.2, 0) is 14.8 Å². The van der Waals surface area contributed by atoms with E-state index in [-0.39, 0.29) is 34.1 Å². The van der Waals surface area contributed by atoms with Crippen molar-refractivity contribution >= 4 is 37.5 Å². The average Bonchev–Trinajstić information content (AvgIpc) is 2.42. The largest absolute Gasteiger partial charge is 0.398 e. The summed E-state index contributed by atoms with van der Waals surface area (Å²) in [4.78, 5) is 11.0. The summed E-state index contributed by atoms with van der Waals surface area (Å²) in [5.41, 5.74) is 10.7. The lowest BCUT2D eigenvalue weighted by atomic mass is 9.98. The van der Waals surface area contributed by atoms with Gasteiger partial charge in [0, 0.05) is 19.0 Å². The number of primary amides is 1. The first-order chi connectivity index (χ1) is 9.73. The minimum absolute atomic E-state index is 0.0299. The van der Waals surface area contributed by atoms with Crippen molar-refractivity contribution < 1.29 is 17.6 Å². The molecule has 1 aromatic carbocycles. The molecule has 0 bridgehead atoms. The number of piperidine rings is 1. The smallest absolute Gasteiger partial charge is 0.245 e. The SMILES string of the molecule is NC(=O)C1CCN(S(=O)(=O)c2cc(Br)c(F)cc2N)CC1. The predicted molar refractivity (Wildman–Crippen MR) is 79.2 cm³/mol. The van der Waals surface area contributed by atoms with Gasteiger partial charge in [-0.05, 0) is 40.9 Å². The first kappa shape index (κ1) is 16.2. The first-order valence-corrected chi connectivity index (χ1v) is 8.50. The Balaban J connectivity index is 2.28. The molecule has 0 saturated carbocycles. The molecule has 1 amide bonds. The number of rotatable bonds is 3. The molecule has 0 spiro atoms. The Morgan fingerprint density at radius 2 is 1.90 bits per heavy atom. The molecule has 1 saturated heterocycles. The molecule has 0 unspecified atom stereocenters. The third-order valence-corrected chi connectivity index (χ3v) is 6.09. The topological polar surface area (TPSA) is 106 Å². The van der Waals surface area contributed by atoms with Gasteiger partial charge < -0.3 is 11.5 Å². The van der Waals surface area contributed by atoms with Gasteiger partial charge in [0.05, 0.1) is 10.2 Å². The van der Waals surface area contributed by atoms with Gasteiger partial charge in [-0.3, -0.25) is 4.79 Å². The number of hydrogen-bond donors (Lipinski definition) is 2. The Kier molecular flexibility index (Phi) is 4.54. The Hall–Kier alpha value is -1.19. The van der Waals surface area contributed by atoms with Crippen molar-refractivity contribution in [2.24, 2.45) is 11.7 Å². The maximum Gasteiger partial charge on any atom is 0.245 e. The van der Waals surface area contributed by atoms with Crippen LogP contribution in [0.5, 0.6) is 0 Å². The fraction of sp³-hybridized carbons (Fsp3) is 0.417. The molecule has 1 aliphatic rings. The molecule has 6 nitrogen and oxygen atoms in total. The zero-order chi connectivity index (χ0) is 15.8. The molecule has 1 aliphatic heterocycles. The van der Waals surface area contributed by atoms with E-state index in [1.54, 1.807) is 0 Å². The molecular weight excluding hydrogens is 365 g/mol. The summed E-state index contributed by atoms with van der Waals surface area (Å²) in [7, 11) is -3.82. The van der Waals surface area contributed by atoms with Gasteiger partial charge in [0.15, 0.2) is 0 Å². The van der Waals surface area contributed by atoms with E-state index in [1.165, 1.54) is 4.31 Å². The molecule has 0 atom stereocenters. The van der Waals surface area contributed by atoms with Crippen LogP contribution >= 0.6 is 15.9 Å². The van der Waals surface area contributed by atoms with Crippen LogP contribution in [0.3, 0.4) is 0 Å². The second-order valence-corrected chi connectivity index (χ2v) is 7.65. The van der Waals surface area contributed by atoms with E-state index < -0.39 is 21.7 Å². The van der Waals surface area contributed by atoms with E-state index >= 15 is 0 Å². The number of anilines is 1. The third kappa shape index (κ3) is 3.19. The molecule has 1 aromatic rings. The number of carbonyl (C=O) groups excluding carboxylic acids is 1. The van der Waals surface area contributed by atoms with E-state index in [4.69, 9.17) is 11.5 Å². The highest BCUT2D eigenvalue weighted by atomic mass is 79.9. The maximum absolute atomic E-state index is 13.3. The van der Waals surface area contributed by atoms with Crippen LogP contribution in [-0.4, -0.2) is 31.7 Å². The van der Waals surface area contributed by atoms with Gasteiger partial charge in [-0.2, -0.15) is 4.31 Å². The number of nitrogens with zero attached hydrogens (tertiary/aromatic N) is 1. The molecular formula is C12H15BrFN3O3S. The van der Waals surface area contributed by atoms with Crippen LogP contribution in [0.4, 0.5) is 10.1 Å². The number of halogens is 2. The lowest BCUT2D eigenvalue weighted by Gasteiger charge is -2.30. The molecule has 116 valence electrons. The molecule has 0 aliphatic carbocycles. The minimum atomic E-state index is -3.82. The summed E-state index contributed by atoms with van der Waals surface area (Å²) in [6, 6.07) is 2.12. The van der Waals surface area contributed by atoms with Crippen molar-refractivity contribution in [2.45, 2.75) is 17.7 Å². The van der Waals surface area contributed by atoms with Crippen molar-refractivity contribution in [3.8, 4) is 0 Å². The van der Waals surface area contributed by atoms with E-state index in [9.17, 15) is 17.6 Å². The van der Waals surface area contributed by atoms with Gasteiger partial charge >= 0.3 is 0 Å². The Labute approximate surface area is 130 Å². The lowest BCUT2D eigenvalue weighted by Crippen LogP contribution is -2.41. The first-order valence-electron chi connectivity index (χ1n) is 6.27. The van der Waals surface area contributed by atoms with E-state index in [0.717, 1.165) is 12.1 Å². The fourth-order valence-corrected chi connectivity index (χ4v) is 4.38. The molecule has 0 radical (unpaired) electrons. The number of nitrogen functional groups attached to an aromatic ring is 1. The quantitative estimate of drug-likeness (QED) is 0.765. The van der Waals surface area contributed by atoms with Crippen LogP contribution < -0.4 is 11.5 Å². The third-order valence-electron chi connectivity index (χ3n) is 3.53. The van der Waals surface area contributed by atoms with Gasteiger partial charge in [0.25, 0.3) is 0 Å². The summed E-state index contributed by atoms with van der Waals surface area (Å²) >= 11 is 2.95. The number of benzene rings is 1. The summed E-state index contributed by atoms with van der Waals surface area (Å²) < 4.78 is 39.7. The predicted octanol–water partition coefficient (Wildman–Crippen LogP) is 1.06. The Bertz CT molecular complexity index is 673. The molecule has 0 aromatic heterocycles. The average molecular weight is 380 g/mol. The van der Waals surface area contributed by atoms with Crippen molar-refractivity contribution in [2.75, 3.05) is 18.8 Å². The van der Waals surface area contributed by atoms with E-state index in [0.29, 0.717) is 12.8 Å². The van der Waals surface area contributed by atoms with Gasteiger partial charge in [-0.25, -0.2) is 12.8 Å². The fourth-order valence-electron chi connectivity index (χ4n) is 2.29. The maximum atomic E-state index is 13.3. The molecule has 9 heteroatoms. The zero-order valence-electron chi connectivity index (χ0n) is 11.1. The summed E-state index contributed by atoms with van der Waals surface area (Å²) in [5.74, 6) is -1.36. The van der Waals surface area contributed by atoms with Gasteiger partial charge in [-0.1, -0.05) is 0 Å². The van der Waals surface area contributed by atoms with Crippen LogP contribution in [0.25, 0.3) is 0 Å². The number of carbonyl (C=O) groups is 1. The highest BCUT2D eigenvalue weighted by Crippen LogP contribution is 2.30. The Morgan fingerprint density at radius 1 is 1.33 bits per heavy atom. The highest BCUT2D eigenvalue weighted by Gasteiger charge is 2.32. The number of nitrogens with two attached hydrogens (primary N) is 2. The van der Waals surface area contributed by atoms with Crippen molar-refractivity contribution in [3.05, 3.63) is 22.4 Å². The van der Waals surface area contributed by atoms with E-state index in [2.05, 4.69) is 15.9 Å². The van der Waals surface area contributed by atoms with Crippen molar-refractivity contribution in [1.29, 1.82) is 0 Å². The summed E-state index contributed by atoms with van der Waals surface area (Å²) in [6.45, 7) is 0.370. The van der Waals surface area contributed by atoms with Crippen LogP contribution in [0.2, 0.25) is 0 Å². The highest BCUT2D eigenvalue weighted by molar-refractivity contribution is 9.10. The van der Waals surface area contributed by atoms with E-state index in [1.807, 2.05) is 0 Å².